The molecule has 0 aliphatic rings. The molecular formula is C24H18N2O3. The normalized spacial score (nSPS) is 11.6. The van der Waals surface area contributed by atoms with Gasteiger partial charge in [0.1, 0.15) is 12.3 Å². The highest BCUT2D eigenvalue weighted by Crippen LogP contribution is 2.30. The lowest BCUT2D eigenvalue weighted by atomic mass is 10.0. The van der Waals surface area contributed by atoms with Gasteiger partial charge in [-0.05, 0) is 41.5 Å². The van der Waals surface area contributed by atoms with Crippen LogP contribution >= 0.6 is 0 Å². The van der Waals surface area contributed by atoms with Crippen LogP contribution in [0.2, 0.25) is 0 Å². The maximum Gasteiger partial charge on any atom is 0.294 e. The van der Waals surface area contributed by atoms with Gasteiger partial charge < -0.3 is 9.21 Å². The molecule has 0 N–H and O–H groups in total. The summed E-state index contributed by atoms with van der Waals surface area (Å²) >= 11 is 0. The maximum absolute atomic E-state index is 13.2. The van der Waals surface area contributed by atoms with Crippen LogP contribution in [0, 0.1) is 0 Å². The Kier molecular flexibility index (Phi) is 5.29. The van der Waals surface area contributed by atoms with Gasteiger partial charge in [-0.3, -0.25) is 14.7 Å². The Morgan fingerprint density at radius 2 is 1.66 bits per heavy atom. The molecular weight excluding hydrogens is 364 g/mol. The Morgan fingerprint density at radius 3 is 2.28 bits per heavy atom. The molecule has 0 saturated heterocycles. The fourth-order valence-corrected chi connectivity index (χ4v) is 3.21. The number of carbonyl (C=O) groups is 2. The van der Waals surface area contributed by atoms with E-state index in [1.54, 1.807) is 36.7 Å². The lowest BCUT2D eigenvalue weighted by molar-refractivity contribution is -0.109. The molecule has 2 heterocycles. The lowest BCUT2D eigenvalue weighted by Crippen LogP contribution is -2.35. The second-order valence-corrected chi connectivity index (χ2v) is 6.43. The van der Waals surface area contributed by atoms with Crippen molar-refractivity contribution in [1.82, 2.24) is 4.98 Å². The van der Waals surface area contributed by atoms with Crippen molar-refractivity contribution >= 4 is 17.9 Å². The third-order valence-corrected chi connectivity index (χ3v) is 4.64. The summed E-state index contributed by atoms with van der Waals surface area (Å²) in [5.41, 5.74) is 3.30. The molecule has 4 rings (SSSR count). The first-order chi connectivity index (χ1) is 14.3. The van der Waals surface area contributed by atoms with Gasteiger partial charge in [0.25, 0.3) is 5.91 Å². The first-order valence-corrected chi connectivity index (χ1v) is 9.15. The highest BCUT2D eigenvalue weighted by molar-refractivity contribution is 6.06. The molecule has 5 heteroatoms. The molecule has 5 nitrogen and oxygen atoms in total. The summed E-state index contributed by atoms with van der Waals surface area (Å²) in [6.45, 7) is 0. The number of carbonyl (C=O) groups excluding carboxylic acids is 2. The van der Waals surface area contributed by atoms with Gasteiger partial charge in [-0.25, -0.2) is 0 Å². The van der Waals surface area contributed by atoms with Crippen molar-refractivity contribution in [3.05, 3.63) is 109 Å². The third kappa shape index (κ3) is 3.84. The molecule has 1 amide bonds. The van der Waals surface area contributed by atoms with Crippen LogP contribution in [0.3, 0.4) is 0 Å². The summed E-state index contributed by atoms with van der Waals surface area (Å²) in [6.07, 6.45) is 5.38. The Hall–Kier alpha value is -3.99. The molecule has 0 aliphatic heterocycles. The van der Waals surface area contributed by atoms with E-state index >= 15 is 0 Å². The predicted molar refractivity (Wildman–Crippen MR) is 110 cm³/mol. The molecule has 4 aromatic rings. The van der Waals surface area contributed by atoms with Gasteiger partial charge >= 0.3 is 0 Å². The molecule has 0 radical (unpaired) electrons. The Bertz CT molecular complexity index is 1080. The summed E-state index contributed by atoms with van der Waals surface area (Å²) in [4.78, 5) is 30.7. The van der Waals surface area contributed by atoms with Crippen LogP contribution in [0.25, 0.3) is 11.1 Å². The average molecular weight is 382 g/mol. The number of aromatic nitrogens is 1. The first kappa shape index (κ1) is 18.4. The number of hydrogen-bond acceptors (Lipinski definition) is 4. The van der Waals surface area contributed by atoms with Crippen molar-refractivity contribution in [2.75, 3.05) is 4.90 Å². The summed E-state index contributed by atoms with van der Waals surface area (Å²) in [6, 6.07) is 23.4. The largest absolute Gasteiger partial charge is 0.459 e. The Balaban J connectivity index is 1.76. The molecule has 1 unspecified atom stereocenters. The SMILES string of the molecule is O=CC(c1cccnc1)N(C(=O)c1ccco1)c1ccc(-c2ccccc2)cc1. The van der Waals surface area contributed by atoms with E-state index in [0.29, 0.717) is 11.3 Å². The van der Waals surface area contributed by atoms with Crippen LogP contribution in [-0.4, -0.2) is 17.2 Å². The molecule has 0 bridgehead atoms. The fourth-order valence-electron chi connectivity index (χ4n) is 3.21. The zero-order valence-electron chi connectivity index (χ0n) is 15.5. The number of benzene rings is 2. The second-order valence-electron chi connectivity index (χ2n) is 6.43. The summed E-state index contributed by atoms with van der Waals surface area (Å²) < 4.78 is 5.30. The van der Waals surface area contributed by atoms with Crippen LogP contribution < -0.4 is 4.90 Å². The van der Waals surface area contributed by atoms with Gasteiger partial charge in [0.15, 0.2) is 5.76 Å². The molecule has 29 heavy (non-hydrogen) atoms. The van der Waals surface area contributed by atoms with Crippen molar-refractivity contribution in [2.24, 2.45) is 0 Å². The molecule has 0 saturated carbocycles. The molecule has 142 valence electrons. The number of amides is 1. The van der Waals surface area contributed by atoms with Crippen LogP contribution in [0.4, 0.5) is 5.69 Å². The molecule has 0 aliphatic carbocycles. The van der Waals surface area contributed by atoms with Crippen LogP contribution in [0.15, 0.2) is 102 Å². The molecule has 0 spiro atoms. The Morgan fingerprint density at radius 1 is 0.897 bits per heavy atom. The van der Waals surface area contributed by atoms with Gasteiger partial charge in [0.05, 0.1) is 6.26 Å². The van der Waals surface area contributed by atoms with Gasteiger partial charge in [0.2, 0.25) is 0 Å². The quantitative estimate of drug-likeness (QED) is 0.444. The summed E-state index contributed by atoms with van der Waals surface area (Å²) in [7, 11) is 0. The maximum atomic E-state index is 13.2. The van der Waals surface area contributed by atoms with Gasteiger partial charge in [-0.15, -0.1) is 0 Å². The van der Waals surface area contributed by atoms with E-state index in [-0.39, 0.29) is 5.76 Å². The van der Waals surface area contributed by atoms with Crippen molar-refractivity contribution in [3.8, 4) is 11.1 Å². The molecule has 1 atom stereocenters. The third-order valence-electron chi connectivity index (χ3n) is 4.64. The molecule has 2 aromatic heterocycles. The van der Waals surface area contributed by atoms with Crippen LogP contribution in [0.5, 0.6) is 0 Å². The number of hydrogen-bond donors (Lipinski definition) is 0. The zero-order chi connectivity index (χ0) is 20.1. The average Bonchev–Trinajstić information content (AvgIpc) is 3.33. The van der Waals surface area contributed by atoms with Gasteiger partial charge in [-0.2, -0.15) is 0 Å². The number of anilines is 1. The van der Waals surface area contributed by atoms with Crippen molar-refractivity contribution in [3.63, 3.8) is 0 Å². The highest BCUT2D eigenvalue weighted by Gasteiger charge is 2.29. The Labute approximate surface area is 168 Å². The number of rotatable bonds is 6. The van der Waals surface area contributed by atoms with E-state index in [2.05, 4.69) is 4.98 Å². The van der Waals surface area contributed by atoms with Crippen molar-refractivity contribution < 1.29 is 14.0 Å². The standard InChI is InChI=1S/C24H18N2O3/c27-17-22(20-8-4-14-25-16-20)26(24(28)23-9-5-15-29-23)21-12-10-19(11-13-21)18-6-2-1-3-7-18/h1-17,22H. The highest BCUT2D eigenvalue weighted by atomic mass is 16.3. The van der Waals surface area contributed by atoms with E-state index < -0.39 is 11.9 Å². The topological polar surface area (TPSA) is 63.4 Å². The predicted octanol–water partition coefficient (Wildman–Crippen LogP) is 4.93. The second kappa shape index (κ2) is 8.35. The minimum Gasteiger partial charge on any atom is -0.459 e. The smallest absolute Gasteiger partial charge is 0.294 e. The van der Waals surface area contributed by atoms with E-state index in [4.69, 9.17) is 4.42 Å². The van der Waals surface area contributed by atoms with Crippen molar-refractivity contribution in [1.29, 1.82) is 0 Å². The van der Waals surface area contributed by atoms with Crippen LogP contribution in [-0.2, 0) is 4.79 Å². The monoisotopic (exact) mass is 382 g/mol. The van der Waals surface area contributed by atoms with E-state index in [1.165, 1.54) is 11.2 Å². The van der Waals surface area contributed by atoms with E-state index in [0.717, 1.165) is 17.4 Å². The first-order valence-electron chi connectivity index (χ1n) is 9.15. The van der Waals surface area contributed by atoms with Gasteiger partial charge in [0, 0.05) is 23.6 Å². The number of furan rings is 1. The minimum absolute atomic E-state index is 0.160. The number of pyridine rings is 1. The number of aldehydes is 1. The zero-order valence-corrected chi connectivity index (χ0v) is 15.5. The minimum atomic E-state index is -0.830. The lowest BCUT2D eigenvalue weighted by Gasteiger charge is -2.28. The van der Waals surface area contributed by atoms with E-state index in [1.807, 2.05) is 54.6 Å². The fraction of sp³-hybridized carbons (Fsp3) is 0.0417. The molecule has 2 aromatic carbocycles. The van der Waals surface area contributed by atoms with Crippen LogP contribution in [0.1, 0.15) is 22.2 Å². The summed E-state index contributed by atoms with van der Waals surface area (Å²) in [5.74, 6) is -0.240. The van der Waals surface area contributed by atoms with E-state index in [9.17, 15) is 9.59 Å². The van der Waals surface area contributed by atoms with Gasteiger partial charge in [-0.1, -0.05) is 48.5 Å². The summed E-state index contributed by atoms with van der Waals surface area (Å²) in [5, 5.41) is 0. The molecule has 0 fully saturated rings. The van der Waals surface area contributed by atoms with Crippen molar-refractivity contribution in [2.45, 2.75) is 6.04 Å². The number of nitrogens with zero attached hydrogens (tertiary/aromatic N) is 2.